The van der Waals surface area contributed by atoms with Gasteiger partial charge in [-0.3, -0.25) is 9.59 Å². The summed E-state index contributed by atoms with van der Waals surface area (Å²) in [6.07, 6.45) is 3.42. The average molecular weight is 340 g/mol. The van der Waals surface area contributed by atoms with Crippen molar-refractivity contribution < 1.29 is 23.9 Å². The molecule has 2 rings (SSSR count). The summed E-state index contributed by atoms with van der Waals surface area (Å²) in [5.41, 5.74) is -0.853. The van der Waals surface area contributed by atoms with E-state index in [9.17, 15) is 14.4 Å². The molecule has 1 N–H and O–H groups in total. The number of hydrogen-bond acceptors (Lipinski definition) is 5. The molecule has 136 valence electrons. The van der Waals surface area contributed by atoms with Gasteiger partial charge >= 0.3 is 12.1 Å². The molecule has 1 heterocycles. The van der Waals surface area contributed by atoms with Crippen molar-refractivity contribution in [2.45, 2.75) is 77.0 Å². The largest absolute Gasteiger partial charge is 0.465 e. The van der Waals surface area contributed by atoms with Gasteiger partial charge in [0.25, 0.3) is 0 Å². The molecule has 0 aromatic rings. The molecule has 1 saturated carbocycles. The maximum absolute atomic E-state index is 12.9. The van der Waals surface area contributed by atoms with Gasteiger partial charge in [0, 0.05) is 5.54 Å². The molecule has 0 aromatic carbocycles. The first-order valence-electron chi connectivity index (χ1n) is 8.63. The van der Waals surface area contributed by atoms with Gasteiger partial charge in [-0.05, 0) is 59.8 Å². The maximum Gasteiger partial charge on any atom is 0.408 e. The van der Waals surface area contributed by atoms with Crippen LogP contribution in [0.25, 0.3) is 0 Å². The van der Waals surface area contributed by atoms with Crippen LogP contribution in [0.15, 0.2) is 0 Å². The zero-order valence-corrected chi connectivity index (χ0v) is 15.0. The predicted molar refractivity (Wildman–Crippen MR) is 87.3 cm³/mol. The second-order valence-electron chi connectivity index (χ2n) is 7.54. The van der Waals surface area contributed by atoms with Crippen molar-refractivity contribution in [3.8, 4) is 0 Å². The van der Waals surface area contributed by atoms with E-state index in [1.54, 1.807) is 32.6 Å². The highest BCUT2D eigenvalue weighted by Gasteiger charge is 2.53. The van der Waals surface area contributed by atoms with Crippen LogP contribution in [0.5, 0.6) is 0 Å². The summed E-state index contributed by atoms with van der Waals surface area (Å²) in [6, 6.07) is -0.658. The molecule has 0 aromatic heterocycles. The molecule has 2 amide bonds. The molecule has 0 unspecified atom stereocenters. The number of likely N-dealkylation sites (tertiary alicyclic amines) is 1. The van der Waals surface area contributed by atoms with E-state index in [4.69, 9.17) is 9.47 Å². The first-order valence-corrected chi connectivity index (χ1v) is 8.63. The molecular weight excluding hydrogens is 312 g/mol. The van der Waals surface area contributed by atoms with Crippen LogP contribution in [-0.4, -0.2) is 53.2 Å². The molecule has 1 aliphatic carbocycles. The Morgan fingerprint density at radius 3 is 2.50 bits per heavy atom. The van der Waals surface area contributed by atoms with E-state index in [1.807, 2.05) is 0 Å². The number of ether oxygens (including phenoxy) is 2. The van der Waals surface area contributed by atoms with Crippen molar-refractivity contribution in [2.24, 2.45) is 0 Å². The Balaban J connectivity index is 2.06. The van der Waals surface area contributed by atoms with Gasteiger partial charge in [0.05, 0.1) is 6.61 Å². The lowest BCUT2D eigenvalue weighted by atomic mass is 10.1. The minimum atomic E-state index is -0.658. The van der Waals surface area contributed by atoms with Crippen LogP contribution in [0, 0.1) is 0 Å². The minimum absolute atomic E-state index is 0.0564. The molecule has 24 heavy (non-hydrogen) atoms. The first-order chi connectivity index (χ1) is 11.2. The Hall–Kier alpha value is -1.79. The van der Waals surface area contributed by atoms with Crippen LogP contribution in [0.2, 0.25) is 0 Å². The zero-order valence-electron chi connectivity index (χ0n) is 15.0. The lowest BCUT2D eigenvalue weighted by Crippen LogP contribution is -2.53. The average Bonchev–Trinajstić information content (AvgIpc) is 3.22. The van der Waals surface area contributed by atoms with Crippen molar-refractivity contribution in [3.05, 3.63) is 0 Å². The van der Waals surface area contributed by atoms with Crippen molar-refractivity contribution >= 4 is 18.0 Å². The molecule has 1 spiro atoms. The van der Waals surface area contributed by atoms with Crippen LogP contribution >= 0.6 is 0 Å². The fraction of sp³-hybridized carbons (Fsp3) is 0.824. The second-order valence-corrected chi connectivity index (χ2v) is 7.54. The smallest absolute Gasteiger partial charge is 0.408 e. The second kappa shape index (κ2) is 6.99. The number of carbonyl (C=O) groups excluding carboxylic acids is 3. The topological polar surface area (TPSA) is 84.9 Å². The number of carbonyl (C=O) groups is 3. The van der Waals surface area contributed by atoms with Crippen LogP contribution in [0.4, 0.5) is 4.79 Å². The van der Waals surface area contributed by atoms with Crippen molar-refractivity contribution in [3.63, 3.8) is 0 Å². The molecule has 7 nitrogen and oxygen atoms in total. The quantitative estimate of drug-likeness (QED) is 0.791. The highest BCUT2D eigenvalue weighted by molar-refractivity contribution is 5.89. The summed E-state index contributed by atoms with van der Waals surface area (Å²) < 4.78 is 10.2. The summed E-state index contributed by atoms with van der Waals surface area (Å²) in [7, 11) is 0. The van der Waals surface area contributed by atoms with E-state index in [0.717, 1.165) is 25.7 Å². The number of nitrogens with zero attached hydrogens (tertiary/aromatic N) is 1. The van der Waals surface area contributed by atoms with E-state index in [1.165, 1.54) is 0 Å². The summed E-state index contributed by atoms with van der Waals surface area (Å²) >= 11 is 0. The summed E-state index contributed by atoms with van der Waals surface area (Å²) in [4.78, 5) is 38.4. The normalized spacial score (nSPS) is 22.8. The van der Waals surface area contributed by atoms with Gasteiger partial charge in [0.2, 0.25) is 5.91 Å². The Kier molecular flexibility index (Phi) is 5.40. The fourth-order valence-electron chi connectivity index (χ4n) is 3.14. The van der Waals surface area contributed by atoms with Crippen molar-refractivity contribution in [1.82, 2.24) is 10.2 Å². The lowest BCUT2D eigenvalue weighted by Gasteiger charge is -2.31. The standard InChI is InChI=1S/C17H28N2O5/c1-5-23-13(20)11-19-14(21)12(7-6-8-17(19)9-10-17)18-15(22)24-16(2,3)4/h12H,5-11H2,1-4H3,(H,18,22)/t12-/m0/s1. The number of nitrogens with one attached hydrogen (secondary N) is 1. The molecule has 2 fully saturated rings. The molecule has 1 aliphatic heterocycles. The maximum atomic E-state index is 12.9. The third kappa shape index (κ3) is 4.61. The number of rotatable bonds is 4. The van der Waals surface area contributed by atoms with Crippen LogP contribution < -0.4 is 5.32 Å². The van der Waals surface area contributed by atoms with Gasteiger partial charge in [-0.15, -0.1) is 0 Å². The molecule has 0 bridgehead atoms. The summed E-state index contributed by atoms with van der Waals surface area (Å²) in [5, 5.41) is 2.66. The molecular formula is C17H28N2O5. The highest BCUT2D eigenvalue weighted by Crippen LogP contribution is 2.47. The van der Waals surface area contributed by atoms with Crippen molar-refractivity contribution in [1.29, 1.82) is 0 Å². The number of hydrogen-bond donors (Lipinski definition) is 1. The molecule has 1 saturated heterocycles. The van der Waals surface area contributed by atoms with E-state index in [2.05, 4.69) is 5.32 Å². The Bertz CT molecular complexity index is 508. The summed E-state index contributed by atoms with van der Waals surface area (Å²) in [5.74, 6) is -0.626. The van der Waals surface area contributed by atoms with E-state index >= 15 is 0 Å². The van der Waals surface area contributed by atoms with E-state index in [0.29, 0.717) is 6.42 Å². The van der Waals surface area contributed by atoms with Crippen LogP contribution in [-0.2, 0) is 19.1 Å². The Labute approximate surface area is 143 Å². The van der Waals surface area contributed by atoms with E-state index < -0.39 is 23.7 Å². The Morgan fingerprint density at radius 1 is 1.29 bits per heavy atom. The third-order valence-corrected chi connectivity index (χ3v) is 4.38. The monoisotopic (exact) mass is 340 g/mol. The molecule has 2 aliphatic rings. The van der Waals surface area contributed by atoms with Gasteiger partial charge < -0.3 is 19.7 Å². The molecule has 1 atom stereocenters. The number of alkyl carbamates (subject to hydrolysis) is 1. The first kappa shape index (κ1) is 18.5. The van der Waals surface area contributed by atoms with Gasteiger partial charge in [0.15, 0.2) is 0 Å². The Morgan fingerprint density at radius 2 is 1.96 bits per heavy atom. The van der Waals surface area contributed by atoms with Gasteiger partial charge in [-0.1, -0.05) is 0 Å². The third-order valence-electron chi connectivity index (χ3n) is 4.38. The highest BCUT2D eigenvalue weighted by atomic mass is 16.6. The minimum Gasteiger partial charge on any atom is -0.465 e. The zero-order chi connectivity index (χ0) is 18.0. The van der Waals surface area contributed by atoms with Crippen molar-refractivity contribution in [2.75, 3.05) is 13.2 Å². The van der Waals surface area contributed by atoms with Gasteiger partial charge in [-0.2, -0.15) is 0 Å². The number of amides is 2. The van der Waals surface area contributed by atoms with Gasteiger partial charge in [0.1, 0.15) is 18.2 Å². The summed E-state index contributed by atoms with van der Waals surface area (Å²) in [6.45, 7) is 7.28. The van der Waals surface area contributed by atoms with Crippen LogP contribution in [0.3, 0.4) is 0 Å². The predicted octanol–water partition coefficient (Wildman–Crippen LogP) is 1.99. The van der Waals surface area contributed by atoms with Gasteiger partial charge in [-0.25, -0.2) is 4.79 Å². The fourth-order valence-corrected chi connectivity index (χ4v) is 3.14. The van der Waals surface area contributed by atoms with E-state index in [-0.39, 0.29) is 24.6 Å². The molecule has 0 radical (unpaired) electrons. The van der Waals surface area contributed by atoms with Crippen LogP contribution in [0.1, 0.15) is 59.8 Å². The molecule has 7 heteroatoms. The number of esters is 1. The lowest BCUT2D eigenvalue weighted by molar-refractivity contribution is -0.151. The SMILES string of the molecule is CCOC(=O)CN1C(=O)[C@@H](NC(=O)OC(C)(C)C)CCCC12CC2.